The Bertz CT molecular complexity index is 1880. The Hall–Kier alpha value is -5.33. The number of aromatic nitrogens is 2. The zero-order valence-electron chi connectivity index (χ0n) is 27.1. The van der Waals surface area contributed by atoms with Gasteiger partial charge in [0.15, 0.2) is 0 Å². The highest BCUT2D eigenvalue weighted by Crippen LogP contribution is 2.32. The smallest absolute Gasteiger partial charge is 0.264 e. The maximum atomic E-state index is 13.2. The maximum Gasteiger partial charge on any atom is 0.264 e. The van der Waals surface area contributed by atoms with Crippen molar-refractivity contribution in [2.75, 3.05) is 10.6 Å². The Morgan fingerprint density at radius 3 is 2.09 bits per heavy atom. The molecule has 13 nitrogen and oxygen atoms in total. The van der Waals surface area contributed by atoms with Gasteiger partial charge >= 0.3 is 0 Å². The van der Waals surface area contributed by atoms with Gasteiger partial charge in [-0.25, -0.2) is 4.98 Å². The first-order chi connectivity index (χ1) is 22.3. The van der Waals surface area contributed by atoms with Crippen LogP contribution in [-0.4, -0.2) is 62.1 Å². The lowest BCUT2D eigenvalue weighted by atomic mass is 10.0. The summed E-state index contributed by atoms with van der Waals surface area (Å²) in [4.78, 5) is 79.6. The van der Waals surface area contributed by atoms with E-state index in [-0.39, 0.29) is 53.4 Å². The fourth-order valence-electron chi connectivity index (χ4n) is 6.11. The van der Waals surface area contributed by atoms with Gasteiger partial charge in [-0.15, -0.1) is 0 Å². The highest BCUT2D eigenvalue weighted by Gasteiger charge is 2.45. The van der Waals surface area contributed by atoms with Crippen LogP contribution in [0.5, 0.6) is 0 Å². The molecule has 2 atom stereocenters. The van der Waals surface area contributed by atoms with Gasteiger partial charge in [0.25, 0.3) is 17.4 Å². The standard InChI is InChI=1S/C18H22N4O2.C16H17N3O4/c1-10(2)19-13-6-5-7-14-16(13)18(24)22(12(4)21-14)15-9-8-11(3)20-17(15)23;1-8(2)17-10-5-3-4-9-13(10)16(23)19(15(9)22)11-6-7-12(20)18-14(11)21/h5-7,10,15,19H,3,8-9H2,1-2,4H3,(H,20,23);3-5,8,11,17H,6-7H2,1-2H3,(H,18,20,21). The van der Waals surface area contributed by atoms with E-state index >= 15 is 0 Å². The van der Waals surface area contributed by atoms with Gasteiger partial charge in [0, 0.05) is 35.6 Å². The normalized spacial score (nSPS) is 19.4. The molecule has 5 amide bonds. The summed E-state index contributed by atoms with van der Waals surface area (Å²) in [7, 11) is 0. The van der Waals surface area contributed by atoms with E-state index in [1.165, 1.54) is 4.57 Å². The number of rotatable bonds is 6. The van der Waals surface area contributed by atoms with Crippen molar-refractivity contribution in [3.63, 3.8) is 0 Å². The van der Waals surface area contributed by atoms with E-state index in [0.717, 1.165) is 10.6 Å². The molecule has 2 saturated heterocycles. The van der Waals surface area contributed by atoms with Crippen molar-refractivity contribution in [2.45, 2.75) is 84.5 Å². The number of aryl methyl sites for hydroxylation is 1. The van der Waals surface area contributed by atoms with E-state index in [2.05, 4.69) is 32.8 Å². The number of nitrogens with one attached hydrogen (secondary N) is 4. The molecule has 1 aromatic heterocycles. The molecule has 47 heavy (non-hydrogen) atoms. The van der Waals surface area contributed by atoms with Crippen molar-refractivity contribution in [2.24, 2.45) is 0 Å². The zero-order chi connectivity index (χ0) is 34.2. The first-order valence-electron chi connectivity index (χ1n) is 15.7. The minimum atomic E-state index is -0.938. The molecule has 13 heteroatoms. The number of nitrogens with zero attached hydrogens (tertiary/aromatic N) is 3. The Morgan fingerprint density at radius 2 is 1.43 bits per heavy atom. The van der Waals surface area contributed by atoms with E-state index in [1.807, 2.05) is 45.9 Å². The molecule has 4 N–H and O–H groups in total. The average molecular weight is 642 g/mol. The van der Waals surface area contributed by atoms with Crippen LogP contribution in [0.3, 0.4) is 0 Å². The van der Waals surface area contributed by atoms with E-state index in [9.17, 15) is 28.8 Å². The van der Waals surface area contributed by atoms with Crippen molar-refractivity contribution in [1.82, 2.24) is 25.1 Å². The van der Waals surface area contributed by atoms with Gasteiger partial charge in [-0.1, -0.05) is 18.7 Å². The predicted octanol–water partition coefficient (Wildman–Crippen LogP) is 3.40. The van der Waals surface area contributed by atoms with Crippen LogP contribution in [0.2, 0.25) is 0 Å². The van der Waals surface area contributed by atoms with Gasteiger partial charge in [0.1, 0.15) is 17.9 Å². The lowest BCUT2D eigenvalue weighted by Crippen LogP contribution is -2.54. The van der Waals surface area contributed by atoms with E-state index in [4.69, 9.17) is 0 Å². The van der Waals surface area contributed by atoms with E-state index in [1.54, 1.807) is 25.1 Å². The summed E-state index contributed by atoms with van der Waals surface area (Å²) in [6, 6.07) is 9.36. The van der Waals surface area contributed by atoms with Crippen LogP contribution >= 0.6 is 0 Å². The zero-order valence-corrected chi connectivity index (χ0v) is 27.1. The average Bonchev–Trinajstić information content (AvgIpc) is 3.24. The molecule has 2 unspecified atom stereocenters. The Kier molecular flexibility index (Phi) is 9.27. The van der Waals surface area contributed by atoms with Crippen molar-refractivity contribution >= 4 is 51.8 Å². The Balaban J connectivity index is 0.000000185. The van der Waals surface area contributed by atoms with Gasteiger partial charge < -0.3 is 16.0 Å². The van der Waals surface area contributed by atoms with Gasteiger partial charge in [0.05, 0.1) is 22.0 Å². The first kappa shape index (κ1) is 33.0. The summed E-state index contributed by atoms with van der Waals surface area (Å²) in [5, 5.41) is 11.9. The summed E-state index contributed by atoms with van der Waals surface area (Å²) < 4.78 is 1.51. The number of amides is 5. The summed E-state index contributed by atoms with van der Waals surface area (Å²) in [5.74, 6) is -1.64. The molecular formula is C34H39N7O6. The lowest BCUT2D eigenvalue weighted by molar-refractivity contribution is -0.136. The van der Waals surface area contributed by atoms with Crippen molar-refractivity contribution in [3.05, 3.63) is 76.0 Å². The molecule has 0 radical (unpaired) electrons. The van der Waals surface area contributed by atoms with Crippen molar-refractivity contribution < 1.29 is 24.0 Å². The van der Waals surface area contributed by atoms with Crippen molar-refractivity contribution in [1.29, 1.82) is 0 Å². The number of carbonyl (C=O) groups is 5. The topological polar surface area (TPSA) is 172 Å². The maximum absolute atomic E-state index is 13.2. The molecule has 0 aliphatic carbocycles. The van der Waals surface area contributed by atoms with E-state index in [0.29, 0.717) is 41.0 Å². The SMILES string of the molecule is C=C1CCC(n2c(C)nc3cccc(NC(C)C)c3c2=O)C(=O)N1.CC(C)Nc1cccc2c1C(=O)N(C1CCC(=O)NC1=O)C2=O. The fourth-order valence-corrected chi connectivity index (χ4v) is 6.11. The Morgan fingerprint density at radius 1 is 0.809 bits per heavy atom. The molecule has 0 bridgehead atoms. The molecule has 6 rings (SSSR count). The van der Waals surface area contributed by atoms with Crippen LogP contribution in [-0.2, 0) is 14.4 Å². The third kappa shape index (κ3) is 6.51. The second-order valence-corrected chi connectivity index (χ2v) is 12.5. The number of benzene rings is 2. The number of piperidine rings is 2. The fraction of sp³-hybridized carbons (Fsp3) is 0.382. The van der Waals surface area contributed by atoms with Crippen LogP contribution in [0.25, 0.3) is 10.9 Å². The molecule has 0 spiro atoms. The third-order valence-corrected chi connectivity index (χ3v) is 8.10. The molecule has 4 heterocycles. The number of allylic oxidation sites excluding steroid dienone is 1. The second kappa shape index (κ2) is 13.2. The number of anilines is 2. The highest BCUT2D eigenvalue weighted by atomic mass is 16.2. The lowest BCUT2D eigenvalue weighted by Gasteiger charge is -2.27. The van der Waals surface area contributed by atoms with Crippen LogP contribution in [0.4, 0.5) is 11.4 Å². The third-order valence-electron chi connectivity index (χ3n) is 8.10. The largest absolute Gasteiger partial charge is 0.382 e. The summed E-state index contributed by atoms with van der Waals surface area (Å²) >= 11 is 0. The number of imide groups is 2. The molecule has 3 aliphatic rings. The minimum Gasteiger partial charge on any atom is -0.382 e. The van der Waals surface area contributed by atoms with Crippen LogP contribution in [0.1, 0.15) is 86.0 Å². The van der Waals surface area contributed by atoms with Gasteiger partial charge in [0.2, 0.25) is 17.7 Å². The summed E-state index contributed by atoms with van der Waals surface area (Å²) in [5.41, 5.74) is 3.04. The predicted molar refractivity (Wildman–Crippen MR) is 177 cm³/mol. The summed E-state index contributed by atoms with van der Waals surface area (Å²) in [6.07, 6.45) is 1.48. The molecule has 2 aromatic carbocycles. The van der Waals surface area contributed by atoms with Crippen LogP contribution < -0.4 is 26.8 Å². The molecule has 2 fully saturated rings. The quantitative estimate of drug-likeness (QED) is 0.295. The Labute approximate surface area is 271 Å². The molecular weight excluding hydrogens is 602 g/mol. The van der Waals surface area contributed by atoms with E-state index < -0.39 is 29.8 Å². The molecule has 3 aliphatic heterocycles. The monoisotopic (exact) mass is 641 g/mol. The second-order valence-electron chi connectivity index (χ2n) is 12.5. The molecule has 0 saturated carbocycles. The van der Waals surface area contributed by atoms with Crippen molar-refractivity contribution in [3.8, 4) is 0 Å². The van der Waals surface area contributed by atoms with Gasteiger partial charge in [-0.2, -0.15) is 0 Å². The highest BCUT2D eigenvalue weighted by molar-refractivity contribution is 6.25. The number of hydrogen-bond donors (Lipinski definition) is 4. The molecule has 246 valence electrons. The van der Waals surface area contributed by atoms with Gasteiger partial charge in [-0.05, 0) is 78.1 Å². The number of fused-ring (bicyclic) bond motifs is 2. The minimum absolute atomic E-state index is 0.0917. The molecule has 3 aromatic rings. The van der Waals surface area contributed by atoms with Crippen LogP contribution in [0.15, 0.2) is 53.5 Å². The van der Waals surface area contributed by atoms with Crippen LogP contribution in [0, 0.1) is 6.92 Å². The summed E-state index contributed by atoms with van der Waals surface area (Å²) in [6.45, 7) is 13.4. The first-order valence-corrected chi connectivity index (χ1v) is 15.7. The number of carbonyl (C=O) groups excluding carboxylic acids is 5. The number of hydrogen-bond acceptors (Lipinski definition) is 9. The van der Waals surface area contributed by atoms with Gasteiger partial charge in [-0.3, -0.25) is 43.6 Å².